The first kappa shape index (κ1) is 16.4. The van der Waals surface area contributed by atoms with Crippen molar-refractivity contribution < 1.29 is 4.74 Å². The van der Waals surface area contributed by atoms with E-state index in [9.17, 15) is 0 Å². The van der Waals surface area contributed by atoms with E-state index >= 15 is 0 Å². The van der Waals surface area contributed by atoms with E-state index in [1.54, 1.807) is 0 Å². The average molecular weight is 289 g/mol. The first-order valence-corrected chi connectivity index (χ1v) is 8.71. The minimum Gasteiger partial charge on any atom is -0.493 e. The molecule has 0 radical (unpaired) electrons. The summed E-state index contributed by atoms with van der Waals surface area (Å²) in [7, 11) is 0. The monoisotopic (exact) mass is 289 g/mol. The molecular weight excluding hydrogens is 258 g/mol. The van der Waals surface area contributed by atoms with Crippen LogP contribution in [0.1, 0.15) is 63.9 Å². The van der Waals surface area contributed by atoms with Crippen molar-refractivity contribution in [1.82, 2.24) is 0 Å². The van der Waals surface area contributed by atoms with Crippen LogP contribution in [0.3, 0.4) is 0 Å². The van der Waals surface area contributed by atoms with Crippen molar-refractivity contribution in [3.63, 3.8) is 0 Å². The maximum absolute atomic E-state index is 6.05. The fourth-order valence-electron chi connectivity index (χ4n) is 3.34. The molecule has 0 amide bonds. The second kappa shape index (κ2) is 8.43. The number of benzene rings is 1. The van der Waals surface area contributed by atoms with E-state index in [-0.39, 0.29) is 0 Å². The van der Waals surface area contributed by atoms with Crippen molar-refractivity contribution in [2.45, 2.75) is 58.3 Å². The third kappa shape index (κ3) is 5.03. The molecule has 1 aromatic carbocycles. The van der Waals surface area contributed by atoms with Crippen LogP contribution in [0.25, 0.3) is 0 Å². The summed E-state index contributed by atoms with van der Waals surface area (Å²) in [5, 5.41) is 0. The van der Waals surface area contributed by atoms with Crippen LogP contribution in [-0.2, 0) is 0 Å². The molecule has 2 nitrogen and oxygen atoms in total. The first-order valence-electron chi connectivity index (χ1n) is 8.71. The van der Waals surface area contributed by atoms with Gasteiger partial charge in [-0.25, -0.2) is 0 Å². The van der Waals surface area contributed by atoms with Gasteiger partial charge in [0.2, 0.25) is 0 Å². The molecule has 0 heterocycles. The molecule has 2 heteroatoms. The van der Waals surface area contributed by atoms with E-state index in [1.807, 2.05) is 0 Å². The van der Waals surface area contributed by atoms with Gasteiger partial charge >= 0.3 is 0 Å². The highest BCUT2D eigenvalue weighted by Crippen LogP contribution is 2.44. The van der Waals surface area contributed by atoms with Crippen LogP contribution in [0.15, 0.2) is 24.3 Å². The van der Waals surface area contributed by atoms with Gasteiger partial charge in [0.25, 0.3) is 0 Å². The van der Waals surface area contributed by atoms with Crippen molar-refractivity contribution in [3.8, 4) is 5.75 Å². The zero-order valence-electron chi connectivity index (χ0n) is 13.7. The Hall–Kier alpha value is -1.02. The zero-order chi connectivity index (χ0) is 15.1. The third-order valence-electron chi connectivity index (χ3n) is 4.67. The second-order valence-corrected chi connectivity index (χ2v) is 6.47. The Morgan fingerprint density at radius 1 is 1.24 bits per heavy atom. The molecule has 2 unspecified atom stereocenters. The molecule has 2 N–H and O–H groups in total. The standard InChI is InChI=1S/C19H31NO/c1-3-6-15(11-12-20)14-21-18-8-5-7-17(13-18)19(4-2)16-9-10-16/h5,7-8,13,15-16,19H,3-4,6,9-12,14,20H2,1-2H3. The smallest absolute Gasteiger partial charge is 0.119 e. The quantitative estimate of drug-likeness (QED) is 0.675. The van der Waals surface area contributed by atoms with Crippen LogP contribution in [-0.4, -0.2) is 13.2 Å². The minimum absolute atomic E-state index is 0.592. The molecule has 2 atom stereocenters. The largest absolute Gasteiger partial charge is 0.493 e. The molecule has 1 saturated carbocycles. The normalized spacial score (nSPS) is 17.5. The molecule has 1 aliphatic rings. The van der Waals surface area contributed by atoms with Crippen molar-refractivity contribution >= 4 is 0 Å². The Morgan fingerprint density at radius 2 is 2.05 bits per heavy atom. The van der Waals surface area contributed by atoms with Crippen molar-refractivity contribution in [1.29, 1.82) is 0 Å². The molecule has 0 aliphatic heterocycles. The van der Waals surface area contributed by atoms with Crippen LogP contribution in [0.4, 0.5) is 0 Å². The summed E-state index contributed by atoms with van der Waals surface area (Å²) in [6, 6.07) is 8.77. The van der Waals surface area contributed by atoms with Crippen molar-refractivity contribution in [3.05, 3.63) is 29.8 Å². The Bertz CT molecular complexity index is 408. The van der Waals surface area contributed by atoms with Crippen LogP contribution in [0.5, 0.6) is 5.75 Å². The molecule has 2 rings (SSSR count). The topological polar surface area (TPSA) is 35.2 Å². The summed E-state index contributed by atoms with van der Waals surface area (Å²) in [6.07, 6.45) is 7.51. The predicted octanol–water partition coefficient (Wildman–Crippen LogP) is 4.73. The molecule has 0 bridgehead atoms. The Labute approximate surface area is 130 Å². The van der Waals surface area contributed by atoms with Gasteiger partial charge in [0, 0.05) is 0 Å². The molecule has 21 heavy (non-hydrogen) atoms. The summed E-state index contributed by atoms with van der Waals surface area (Å²) in [4.78, 5) is 0. The Morgan fingerprint density at radius 3 is 2.67 bits per heavy atom. The lowest BCUT2D eigenvalue weighted by Gasteiger charge is -2.18. The summed E-state index contributed by atoms with van der Waals surface area (Å²) in [6.45, 7) is 6.09. The highest BCUT2D eigenvalue weighted by atomic mass is 16.5. The van der Waals surface area contributed by atoms with Gasteiger partial charge in [-0.2, -0.15) is 0 Å². The van der Waals surface area contributed by atoms with E-state index in [4.69, 9.17) is 10.5 Å². The lowest BCUT2D eigenvalue weighted by Crippen LogP contribution is -2.16. The van der Waals surface area contributed by atoms with Crippen LogP contribution >= 0.6 is 0 Å². The molecule has 1 aliphatic carbocycles. The van der Waals surface area contributed by atoms with Gasteiger partial charge in [0.05, 0.1) is 6.61 Å². The van der Waals surface area contributed by atoms with Gasteiger partial charge in [0.1, 0.15) is 5.75 Å². The molecule has 118 valence electrons. The number of nitrogens with two attached hydrogens (primary N) is 1. The summed E-state index contributed by atoms with van der Waals surface area (Å²) >= 11 is 0. The maximum atomic E-state index is 6.05. The lowest BCUT2D eigenvalue weighted by atomic mass is 9.92. The van der Waals surface area contributed by atoms with E-state index in [2.05, 4.69) is 38.1 Å². The fourth-order valence-corrected chi connectivity index (χ4v) is 3.34. The summed E-state index contributed by atoms with van der Waals surface area (Å²) in [5.41, 5.74) is 7.16. The lowest BCUT2D eigenvalue weighted by molar-refractivity contribution is 0.232. The number of ether oxygens (including phenoxy) is 1. The van der Waals surface area contributed by atoms with Crippen molar-refractivity contribution in [2.75, 3.05) is 13.2 Å². The Kier molecular flexibility index (Phi) is 6.56. The van der Waals surface area contributed by atoms with Gasteiger partial charge in [-0.3, -0.25) is 0 Å². The van der Waals surface area contributed by atoms with Gasteiger partial charge < -0.3 is 10.5 Å². The van der Waals surface area contributed by atoms with Gasteiger partial charge in [0.15, 0.2) is 0 Å². The van der Waals surface area contributed by atoms with E-state index in [1.165, 1.54) is 37.7 Å². The summed E-state index contributed by atoms with van der Waals surface area (Å²) in [5.74, 6) is 3.26. The Balaban J connectivity index is 1.93. The SMILES string of the molecule is CCCC(CCN)COc1cccc(C(CC)C2CC2)c1. The molecule has 1 aromatic rings. The predicted molar refractivity (Wildman–Crippen MR) is 89.8 cm³/mol. The van der Waals surface area contributed by atoms with Gasteiger partial charge in [-0.05, 0) is 74.1 Å². The van der Waals surface area contributed by atoms with E-state index in [0.29, 0.717) is 5.92 Å². The van der Waals surface area contributed by atoms with E-state index in [0.717, 1.165) is 37.2 Å². The first-order chi connectivity index (χ1) is 10.3. The molecule has 0 saturated heterocycles. The zero-order valence-corrected chi connectivity index (χ0v) is 13.7. The average Bonchev–Trinajstić information content (AvgIpc) is 3.31. The number of hydrogen-bond acceptors (Lipinski definition) is 2. The number of hydrogen-bond donors (Lipinski definition) is 1. The highest BCUT2D eigenvalue weighted by molar-refractivity contribution is 5.31. The maximum Gasteiger partial charge on any atom is 0.119 e. The van der Waals surface area contributed by atoms with Crippen LogP contribution in [0, 0.1) is 11.8 Å². The minimum atomic E-state index is 0.592. The number of rotatable bonds is 10. The van der Waals surface area contributed by atoms with Gasteiger partial charge in [-0.15, -0.1) is 0 Å². The van der Waals surface area contributed by atoms with E-state index < -0.39 is 0 Å². The third-order valence-corrected chi connectivity index (χ3v) is 4.67. The van der Waals surface area contributed by atoms with Crippen molar-refractivity contribution in [2.24, 2.45) is 17.6 Å². The molecule has 1 fully saturated rings. The van der Waals surface area contributed by atoms with Gasteiger partial charge in [-0.1, -0.05) is 32.4 Å². The second-order valence-electron chi connectivity index (χ2n) is 6.47. The molecular formula is C19H31NO. The van der Waals surface area contributed by atoms with Crippen LogP contribution in [0.2, 0.25) is 0 Å². The summed E-state index contributed by atoms with van der Waals surface area (Å²) < 4.78 is 6.05. The molecule has 0 spiro atoms. The molecule has 0 aromatic heterocycles. The van der Waals surface area contributed by atoms with Crippen LogP contribution < -0.4 is 10.5 Å². The highest BCUT2D eigenvalue weighted by Gasteiger charge is 2.30. The fraction of sp³-hybridized carbons (Fsp3) is 0.684.